The van der Waals surface area contributed by atoms with Crippen LogP contribution in [0.2, 0.25) is 0 Å². The number of hydrogen-bond acceptors (Lipinski definition) is 2. The molecule has 0 atom stereocenters. The van der Waals surface area contributed by atoms with Crippen LogP contribution in [0.15, 0.2) is 23.0 Å². The van der Waals surface area contributed by atoms with Gasteiger partial charge in [-0.05, 0) is 6.07 Å². The van der Waals surface area contributed by atoms with E-state index in [0.717, 1.165) is 5.56 Å². The van der Waals surface area contributed by atoms with Crippen molar-refractivity contribution >= 4 is 6.41 Å². The number of rotatable bonds is 3. The molecule has 1 rings (SSSR count). The zero-order valence-corrected chi connectivity index (χ0v) is 4.83. The molecule has 0 saturated heterocycles. The van der Waals surface area contributed by atoms with Crippen molar-refractivity contribution in [2.45, 2.75) is 6.54 Å². The average Bonchev–Trinajstić information content (AvgIpc) is 2.34. The van der Waals surface area contributed by atoms with Gasteiger partial charge in [0.05, 0.1) is 12.5 Å². The van der Waals surface area contributed by atoms with Gasteiger partial charge in [0.1, 0.15) is 0 Å². The maximum absolute atomic E-state index is 9.76. The van der Waals surface area contributed by atoms with Gasteiger partial charge in [-0.1, -0.05) is 0 Å². The second-order valence-corrected chi connectivity index (χ2v) is 1.63. The molecule has 0 fully saturated rings. The molecule has 0 aliphatic rings. The summed E-state index contributed by atoms with van der Waals surface area (Å²) < 4.78 is 4.76. The summed E-state index contributed by atoms with van der Waals surface area (Å²) in [4.78, 5) is 9.76. The van der Waals surface area contributed by atoms with Gasteiger partial charge in [0, 0.05) is 12.1 Å². The van der Waals surface area contributed by atoms with Gasteiger partial charge in [0.25, 0.3) is 0 Å². The lowest BCUT2D eigenvalue weighted by Crippen LogP contribution is -2.08. The third kappa shape index (κ3) is 1.60. The Morgan fingerprint density at radius 2 is 2.67 bits per heavy atom. The van der Waals surface area contributed by atoms with Crippen LogP contribution in [0.25, 0.3) is 0 Å². The zero-order valence-electron chi connectivity index (χ0n) is 4.83. The summed E-state index contributed by atoms with van der Waals surface area (Å²) in [5, 5.41) is 2.51. The van der Waals surface area contributed by atoms with E-state index < -0.39 is 0 Å². The van der Waals surface area contributed by atoms with Crippen molar-refractivity contribution in [3.05, 3.63) is 24.2 Å². The van der Waals surface area contributed by atoms with Gasteiger partial charge in [-0.25, -0.2) is 0 Å². The minimum Gasteiger partial charge on any atom is -0.472 e. The van der Waals surface area contributed by atoms with Crippen molar-refractivity contribution in [1.29, 1.82) is 0 Å². The summed E-state index contributed by atoms with van der Waals surface area (Å²) in [5.74, 6) is 0. The molecule has 1 N–H and O–H groups in total. The van der Waals surface area contributed by atoms with Crippen molar-refractivity contribution < 1.29 is 9.21 Å². The van der Waals surface area contributed by atoms with Crippen LogP contribution in [0.3, 0.4) is 0 Å². The Labute approximate surface area is 52.7 Å². The summed E-state index contributed by atoms with van der Waals surface area (Å²) in [6, 6.07) is 1.80. The maximum Gasteiger partial charge on any atom is 0.207 e. The molecule has 1 aromatic heterocycles. The van der Waals surface area contributed by atoms with Crippen molar-refractivity contribution in [1.82, 2.24) is 5.32 Å². The summed E-state index contributed by atoms with van der Waals surface area (Å²) in [6.07, 6.45) is 3.82. The van der Waals surface area contributed by atoms with Gasteiger partial charge >= 0.3 is 0 Å². The largest absolute Gasteiger partial charge is 0.472 e. The Morgan fingerprint density at radius 1 is 1.78 bits per heavy atom. The van der Waals surface area contributed by atoms with Gasteiger partial charge in [0.15, 0.2) is 0 Å². The van der Waals surface area contributed by atoms with E-state index in [1.807, 2.05) is 0 Å². The van der Waals surface area contributed by atoms with E-state index >= 15 is 0 Å². The number of furan rings is 1. The van der Waals surface area contributed by atoms with Crippen LogP contribution >= 0.6 is 0 Å². The molecule has 3 nitrogen and oxygen atoms in total. The van der Waals surface area contributed by atoms with Gasteiger partial charge in [-0.3, -0.25) is 4.79 Å². The Bertz CT molecular complexity index is 169. The van der Waals surface area contributed by atoms with Gasteiger partial charge in [0.2, 0.25) is 6.41 Å². The van der Waals surface area contributed by atoms with E-state index in [2.05, 4.69) is 5.32 Å². The number of nitrogens with one attached hydrogen (secondary N) is 1. The van der Waals surface area contributed by atoms with Gasteiger partial charge in [-0.2, -0.15) is 0 Å². The SMILES string of the molecule is O=CNCc1ccoc1. The van der Waals surface area contributed by atoms with Crippen LogP contribution < -0.4 is 5.32 Å². The molecular weight excluding hydrogens is 118 g/mol. The molecule has 1 aromatic rings. The smallest absolute Gasteiger partial charge is 0.207 e. The van der Waals surface area contributed by atoms with Crippen LogP contribution in [0.4, 0.5) is 0 Å². The number of amides is 1. The average molecular weight is 125 g/mol. The van der Waals surface area contributed by atoms with E-state index in [4.69, 9.17) is 4.42 Å². The highest BCUT2D eigenvalue weighted by atomic mass is 16.3. The summed E-state index contributed by atoms with van der Waals surface area (Å²) in [6.45, 7) is 0.542. The molecule has 0 spiro atoms. The molecule has 0 aromatic carbocycles. The predicted molar refractivity (Wildman–Crippen MR) is 31.6 cm³/mol. The Balaban J connectivity index is 2.38. The molecule has 0 aliphatic carbocycles. The third-order valence-corrected chi connectivity index (χ3v) is 0.970. The van der Waals surface area contributed by atoms with Gasteiger partial charge in [-0.15, -0.1) is 0 Å². The standard InChI is InChI=1S/C6H7NO2/c8-5-7-3-6-1-2-9-4-6/h1-2,4-5H,3H2,(H,7,8). The fourth-order valence-electron chi connectivity index (χ4n) is 0.553. The fourth-order valence-corrected chi connectivity index (χ4v) is 0.553. The highest BCUT2D eigenvalue weighted by Gasteiger charge is 1.88. The molecule has 1 amide bonds. The number of hydrogen-bond donors (Lipinski definition) is 1. The summed E-state index contributed by atoms with van der Waals surface area (Å²) >= 11 is 0. The van der Waals surface area contributed by atoms with Gasteiger partial charge < -0.3 is 9.73 Å². The van der Waals surface area contributed by atoms with E-state index in [0.29, 0.717) is 13.0 Å². The molecule has 48 valence electrons. The second kappa shape index (κ2) is 2.91. The predicted octanol–water partition coefficient (Wildman–Crippen LogP) is 0.526. The fraction of sp³-hybridized carbons (Fsp3) is 0.167. The van der Waals surface area contributed by atoms with Crippen molar-refractivity contribution in [2.24, 2.45) is 0 Å². The van der Waals surface area contributed by atoms with Crippen LogP contribution in [-0.2, 0) is 11.3 Å². The molecule has 9 heavy (non-hydrogen) atoms. The van der Waals surface area contributed by atoms with E-state index in [-0.39, 0.29) is 0 Å². The molecule has 0 unspecified atom stereocenters. The third-order valence-electron chi connectivity index (χ3n) is 0.970. The Morgan fingerprint density at radius 3 is 3.22 bits per heavy atom. The first-order valence-electron chi connectivity index (χ1n) is 2.61. The first-order valence-corrected chi connectivity index (χ1v) is 2.61. The van der Waals surface area contributed by atoms with E-state index in [1.54, 1.807) is 18.6 Å². The van der Waals surface area contributed by atoms with Crippen LogP contribution in [0, 0.1) is 0 Å². The number of carbonyl (C=O) groups excluding carboxylic acids is 1. The lowest BCUT2D eigenvalue weighted by molar-refractivity contribution is -0.109. The topological polar surface area (TPSA) is 42.2 Å². The highest BCUT2D eigenvalue weighted by molar-refractivity contribution is 5.46. The molecule has 3 heteroatoms. The zero-order chi connectivity index (χ0) is 6.53. The molecule has 1 heterocycles. The van der Waals surface area contributed by atoms with Crippen molar-refractivity contribution in [3.8, 4) is 0 Å². The highest BCUT2D eigenvalue weighted by Crippen LogP contribution is 1.97. The number of carbonyl (C=O) groups is 1. The van der Waals surface area contributed by atoms with Crippen LogP contribution in [-0.4, -0.2) is 6.41 Å². The molecule has 0 saturated carbocycles. The summed E-state index contributed by atoms with van der Waals surface area (Å²) in [7, 11) is 0. The van der Waals surface area contributed by atoms with E-state index in [9.17, 15) is 4.79 Å². The minimum atomic E-state index is 0.542. The molecule has 0 bridgehead atoms. The van der Waals surface area contributed by atoms with Crippen molar-refractivity contribution in [2.75, 3.05) is 0 Å². The van der Waals surface area contributed by atoms with Crippen LogP contribution in [0.1, 0.15) is 5.56 Å². The molecule has 0 radical (unpaired) electrons. The first-order chi connectivity index (χ1) is 4.43. The summed E-state index contributed by atoms with van der Waals surface area (Å²) in [5.41, 5.74) is 0.974. The van der Waals surface area contributed by atoms with Crippen molar-refractivity contribution in [3.63, 3.8) is 0 Å². The van der Waals surface area contributed by atoms with E-state index in [1.165, 1.54) is 0 Å². The van der Waals surface area contributed by atoms with Crippen LogP contribution in [0.5, 0.6) is 0 Å². The lowest BCUT2D eigenvalue weighted by Gasteiger charge is -1.89. The Kier molecular flexibility index (Phi) is 1.90. The lowest BCUT2D eigenvalue weighted by atomic mass is 10.3. The minimum absolute atomic E-state index is 0.542. The normalized spacial score (nSPS) is 8.89. The monoisotopic (exact) mass is 125 g/mol. The maximum atomic E-state index is 9.76. The first kappa shape index (κ1) is 5.88. The molecular formula is C6H7NO2. The Hall–Kier alpha value is -1.25. The quantitative estimate of drug-likeness (QED) is 0.598. The molecule has 0 aliphatic heterocycles. The second-order valence-electron chi connectivity index (χ2n) is 1.63.